The first-order chi connectivity index (χ1) is 6.68. The summed E-state index contributed by atoms with van der Waals surface area (Å²) in [5.41, 5.74) is 0.921. The SMILES string of the molecule is CC(C)OOC(=O)Cc1ccccc1. The largest absolute Gasteiger partial charge is 0.346 e. The van der Waals surface area contributed by atoms with Crippen LogP contribution >= 0.6 is 0 Å². The third-order valence-corrected chi connectivity index (χ3v) is 1.52. The van der Waals surface area contributed by atoms with Crippen molar-refractivity contribution < 1.29 is 14.6 Å². The van der Waals surface area contributed by atoms with Gasteiger partial charge in [0.05, 0.1) is 12.5 Å². The minimum atomic E-state index is -0.370. The Morgan fingerprint density at radius 1 is 1.29 bits per heavy atom. The van der Waals surface area contributed by atoms with Crippen LogP contribution in [0.25, 0.3) is 0 Å². The van der Waals surface area contributed by atoms with Crippen molar-refractivity contribution in [3.8, 4) is 0 Å². The summed E-state index contributed by atoms with van der Waals surface area (Å²) < 4.78 is 0. The molecular weight excluding hydrogens is 180 g/mol. The standard InChI is InChI=1S/C11H14O3/c1-9(2)13-14-11(12)8-10-6-4-3-5-7-10/h3-7,9H,8H2,1-2H3. The van der Waals surface area contributed by atoms with Crippen molar-refractivity contribution in [2.45, 2.75) is 26.4 Å². The van der Waals surface area contributed by atoms with Crippen molar-refractivity contribution in [1.82, 2.24) is 0 Å². The number of hydrogen-bond acceptors (Lipinski definition) is 3. The number of benzene rings is 1. The number of carbonyl (C=O) groups is 1. The molecule has 3 heteroatoms. The molecule has 0 saturated heterocycles. The van der Waals surface area contributed by atoms with Gasteiger partial charge in [-0.05, 0) is 19.4 Å². The smallest absolute Gasteiger partial charge is 0.298 e. The lowest BCUT2D eigenvalue weighted by Gasteiger charge is -2.05. The van der Waals surface area contributed by atoms with E-state index in [1.807, 2.05) is 30.3 Å². The summed E-state index contributed by atoms with van der Waals surface area (Å²) in [6.07, 6.45) is 0.142. The fraction of sp³-hybridized carbons (Fsp3) is 0.364. The van der Waals surface area contributed by atoms with Crippen LogP contribution in [0.15, 0.2) is 30.3 Å². The van der Waals surface area contributed by atoms with Gasteiger partial charge in [-0.3, -0.25) is 4.89 Å². The molecule has 0 amide bonds. The number of rotatable bonds is 4. The predicted molar refractivity (Wildman–Crippen MR) is 52.5 cm³/mol. The molecule has 0 aliphatic heterocycles. The maximum atomic E-state index is 11.2. The molecule has 0 spiro atoms. The van der Waals surface area contributed by atoms with Crippen molar-refractivity contribution in [1.29, 1.82) is 0 Å². The van der Waals surface area contributed by atoms with Crippen LogP contribution < -0.4 is 0 Å². The topological polar surface area (TPSA) is 35.5 Å². The van der Waals surface area contributed by atoms with E-state index >= 15 is 0 Å². The van der Waals surface area contributed by atoms with Gasteiger partial charge in [0.25, 0.3) is 0 Å². The first-order valence-electron chi connectivity index (χ1n) is 4.58. The third-order valence-electron chi connectivity index (χ3n) is 1.52. The predicted octanol–water partition coefficient (Wildman–Crippen LogP) is 2.11. The summed E-state index contributed by atoms with van der Waals surface area (Å²) in [6.45, 7) is 3.60. The molecule has 0 N–H and O–H groups in total. The zero-order valence-electron chi connectivity index (χ0n) is 8.40. The van der Waals surface area contributed by atoms with E-state index in [2.05, 4.69) is 4.89 Å². The maximum Gasteiger partial charge on any atom is 0.346 e. The Morgan fingerprint density at radius 2 is 1.93 bits per heavy atom. The molecule has 0 saturated carbocycles. The van der Waals surface area contributed by atoms with Gasteiger partial charge in [-0.2, -0.15) is 4.89 Å². The van der Waals surface area contributed by atoms with E-state index in [1.165, 1.54) is 0 Å². The van der Waals surface area contributed by atoms with Crippen molar-refractivity contribution in [3.05, 3.63) is 35.9 Å². The van der Waals surface area contributed by atoms with Crippen molar-refractivity contribution in [3.63, 3.8) is 0 Å². The summed E-state index contributed by atoms with van der Waals surface area (Å²) in [6, 6.07) is 9.41. The summed E-state index contributed by atoms with van der Waals surface area (Å²) in [4.78, 5) is 20.5. The van der Waals surface area contributed by atoms with E-state index in [4.69, 9.17) is 4.89 Å². The Balaban J connectivity index is 2.35. The van der Waals surface area contributed by atoms with Crippen LogP contribution in [0, 0.1) is 0 Å². The highest BCUT2D eigenvalue weighted by atomic mass is 17.2. The molecular formula is C11H14O3. The lowest BCUT2D eigenvalue weighted by Crippen LogP contribution is -2.12. The number of carbonyl (C=O) groups excluding carboxylic acids is 1. The van der Waals surface area contributed by atoms with Crippen LogP contribution in [0.2, 0.25) is 0 Å². The molecule has 76 valence electrons. The van der Waals surface area contributed by atoms with Gasteiger partial charge in [0.2, 0.25) is 0 Å². The zero-order chi connectivity index (χ0) is 10.4. The molecule has 0 aliphatic carbocycles. The van der Waals surface area contributed by atoms with Gasteiger partial charge < -0.3 is 0 Å². The average molecular weight is 194 g/mol. The van der Waals surface area contributed by atoms with E-state index in [-0.39, 0.29) is 18.5 Å². The molecule has 0 fully saturated rings. The Bertz CT molecular complexity index is 280. The Hall–Kier alpha value is -1.35. The lowest BCUT2D eigenvalue weighted by atomic mass is 10.2. The fourth-order valence-corrected chi connectivity index (χ4v) is 0.942. The molecule has 3 nitrogen and oxygen atoms in total. The third kappa shape index (κ3) is 4.05. The summed E-state index contributed by atoms with van der Waals surface area (Å²) in [5, 5.41) is 0. The van der Waals surface area contributed by atoms with Crippen LogP contribution in [0.3, 0.4) is 0 Å². The molecule has 1 aromatic rings. The Morgan fingerprint density at radius 3 is 2.50 bits per heavy atom. The fourth-order valence-electron chi connectivity index (χ4n) is 0.942. The van der Waals surface area contributed by atoms with Gasteiger partial charge in [0, 0.05) is 0 Å². The second-order valence-corrected chi connectivity index (χ2v) is 3.26. The van der Waals surface area contributed by atoms with Crippen molar-refractivity contribution >= 4 is 5.97 Å². The van der Waals surface area contributed by atoms with Gasteiger partial charge in [-0.25, -0.2) is 4.79 Å². The highest BCUT2D eigenvalue weighted by molar-refractivity contribution is 5.71. The van der Waals surface area contributed by atoms with E-state index < -0.39 is 0 Å². The second kappa shape index (κ2) is 5.40. The van der Waals surface area contributed by atoms with E-state index in [1.54, 1.807) is 13.8 Å². The summed E-state index contributed by atoms with van der Waals surface area (Å²) in [5.74, 6) is -0.370. The summed E-state index contributed by atoms with van der Waals surface area (Å²) in [7, 11) is 0. The molecule has 0 aromatic heterocycles. The maximum absolute atomic E-state index is 11.2. The van der Waals surface area contributed by atoms with Crippen molar-refractivity contribution in [2.24, 2.45) is 0 Å². The summed E-state index contributed by atoms with van der Waals surface area (Å²) >= 11 is 0. The lowest BCUT2D eigenvalue weighted by molar-refractivity contribution is -0.290. The van der Waals surface area contributed by atoms with Gasteiger partial charge in [0.15, 0.2) is 0 Å². The highest BCUT2D eigenvalue weighted by Gasteiger charge is 2.06. The quantitative estimate of drug-likeness (QED) is 0.544. The van der Waals surface area contributed by atoms with Crippen molar-refractivity contribution in [2.75, 3.05) is 0 Å². The van der Waals surface area contributed by atoms with Gasteiger partial charge in [0.1, 0.15) is 0 Å². The monoisotopic (exact) mass is 194 g/mol. The first kappa shape index (κ1) is 10.7. The van der Waals surface area contributed by atoms with Crippen LogP contribution in [-0.2, 0) is 21.0 Å². The van der Waals surface area contributed by atoms with Crippen LogP contribution in [0.4, 0.5) is 0 Å². The molecule has 0 unspecified atom stereocenters. The molecule has 14 heavy (non-hydrogen) atoms. The highest BCUT2D eigenvalue weighted by Crippen LogP contribution is 2.01. The number of hydrogen-bond donors (Lipinski definition) is 0. The zero-order valence-corrected chi connectivity index (χ0v) is 8.40. The van der Waals surface area contributed by atoms with Crippen LogP contribution in [0.5, 0.6) is 0 Å². The normalized spacial score (nSPS) is 10.2. The molecule has 1 rings (SSSR count). The first-order valence-corrected chi connectivity index (χ1v) is 4.58. The van der Waals surface area contributed by atoms with Gasteiger partial charge in [-0.15, -0.1) is 0 Å². The van der Waals surface area contributed by atoms with Crippen LogP contribution in [0.1, 0.15) is 19.4 Å². The molecule has 0 radical (unpaired) electrons. The van der Waals surface area contributed by atoms with Gasteiger partial charge >= 0.3 is 5.97 Å². The molecule has 0 aliphatic rings. The molecule has 0 bridgehead atoms. The van der Waals surface area contributed by atoms with Gasteiger partial charge in [-0.1, -0.05) is 30.3 Å². The average Bonchev–Trinajstić information content (AvgIpc) is 2.16. The minimum Gasteiger partial charge on any atom is -0.298 e. The van der Waals surface area contributed by atoms with Crippen LogP contribution in [-0.4, -0.2) is 12.1 Å². The second-order valence-electron chi connectivity index (χ2n) is 3.26. The molecule has 0 atom stereocenters. The minimum absolute atomic E-state index is 0.102. The Kier molecular flexibility index (Phi) is 4.13. The van der Waals surface area contributed by atoms with E-state index in [0.29, 0.717) is 0 Å². The van der Waals surface area contributed by atoms with E-state index in [0.717, 1.165) is 5.56 Å². The van der Waals surface area contributed by atoms with E-state index in [9.17, 15) is 4.79 Å². The Labute approximate surface area is 83.6 Å². The molecule has 0 heterocycles. The molecule has 1 aromatic carbocycles.